The monoisotopic (exact) mass is 450 g/mol. The second-order valence-corrected chi connectivity index (χ2v) is 38.6. The zero-order valence-electron chi connectivity index (χ0n) is 14.0. The second-order valence-electron chi connectivity index (χ2n) is 7.87. The van der Waals surface area contributed by atoms with E-state index in [2.05, 4.69) is 89.0 Å². The number of allylic oxidation sites excluding steroid dienone is 2. The molecule has 0 spiro atoms. The molecule has 0 bridgehead atoms. The zero-order valence-corrected chi connectivity index (χ0v) is 19.4. The molecule has 0 fully saturated rings. The van der Waals surface area contributed by atoms with Crippen molar-refractivity contribution >= 4 is 19.0 Å². The summed E-state index contributed by atoms with van der Waals surface area (Å²) in [7, 11) is 0. The van der Waals surface area contributed by atoms with Gasteiger partial charge < -0.3 is 24.8 Å². The van der Waals surface area contributed by atoms with Crippen molar-refractivity contribution in [2.75, 3.05) is 0 Å². The molecule has 0 nitrogen and oxygen atoms in total. The second kappa shape index (κ2) is 6.72. The predicted molar refractivity (Wildman–Crippen MR) is 96.7 cm³/mol. The normalized spacial score (nSPS) is 19.8. The van der Waals surface area contributed by atoms with Crippen LogP contribution in [0.1, 0.15) is 29.5 Å². The molecule has 2 aromatic rings. The maximum absolute atomic E-state index is 3.02. The van der Waals surface area contributed by atoms with Crippen LogP contribution in [-0.4, -0.2) is 6.88 Å². The molecule has 24 heavy (non-hydrogen) atoms. The Labute approximate surface area is 159 Å². The van der Waals surface area contributed by atoms with Crippen molar-refractivity contribution in [1.82, 2.24) is 0 Å². The van der Waals surface area contributed by atoms with Gasteiger partial charge in [-0.2, -0.15) is 0 Å². The van der Waals surface area contributed by atoms with Gasteiger partial charge in [-0.15, -0.1) is 0 Å². The average molecular weight is 453 g/mol. The van der Waals surface area contributed by atoms with Gasteiger partial charge >= 0.3 is 136 Å². The minimum atomic E-state index is -3.02. The first-order valence-electron chi connectivity index (χ1n) is 8.07. The van der Waals surface area contributed by atoms with Gasteiger partial charge in [0.2, 0.25) is 0 Å². The Kier molecular flexibility index (Phi) is 5.58. The molecule has 0 saturated carbocycles. The molecule has 2 atom stereocenters. The molecule has 0 amide bonds. The van der Waals surface area contributed by atoms with E-state index < -0.39 is 17.4 Å². The molecular weight excluding hydrogens is 430 g/mol. The summed E-state index contributed by atoms with van der Waals surface area (Å²) in [5.41, 5.74) is 5.98. The predicted octanol–water partition coefficient (Wildman–Crippen LogP) is -1.14. The molecule has 0 N–H and O–H groups in total. The summed E-state index contributed by atoms with van der Waals surface area (Å²) >= 11 is -3.02. The van der Waals surface area contributed by atoms with Crippen LogP contribution in [0.5, 0.6) is 0 Å². The van der Waals surface area contributed by atoms with Crippen molar-refractivity contribution in [3.8, 4) is 0 Å². The van der Waals surface area contributed by atoms with Crippen LogP contribution in [0, 0.1) is 0 Å². The smallest absolute Gasteiger partial charge is 1.00 e. The Bertz CT molecular complexity index is 825. The van der Waals surface area contributed by atoms with Crippen LogP contribution in [-0.2, 0) is 17.4 Å². The van der Waals surface area contributed by atoms with Crippen LogP contribution >= 0.6 is 0 Å². The van der Waals surface area contributed by atoms with Crippen LogP contribution in [0.2, 0.25) is 9.26 Å². The number of hydrogen-bond donors (Lipinski definition) is 0. The SMILES string of the molecule is [CH3][Zr+2]([CH3])(=[SiH2])([CH]1C=Cc2ccccc21)[CH]1C=Cc2ccccc21.[Cl-].[Cl-]. The largest absolute Gasteiger partial charge is 1.00 e. The zero-order chi connectivity index (χ0) is 15.4. The quantitative estimate of drug-likeness (QED) is 0.506. The molecule has 4 rings (SSSR count). The first kappa shape index (κ1) is 19.9. The number of fused-ring (bicyclic) bond motifs is 2. The van der Waals surface area contributed by atoms with E-state index in [0.717, 1.165) is 0 Å². The Balaban J connectivity index is 0.00000104. The van der Waals surface area contributed by atoms with Crippen LogP contribution < -0.4 is 24.8 Å². The molecule has 0 aromatic heterocycles. The maximum Gasteiger partial charge on any atom is -1.00 e. The van der Waals surface area contributed by atoms with Crippen LogP contribution in [0.25, 0.3) is 12.2 Å². The molecule has 4 heteroatoms. The summed E-state index contributed by atoms with van der Waals surface area (Å²) in [5, 5.41) is 0. The summed E-state index contributed by atoms with van der Waals surface area (Å²) in [4.78, 5) is 0. The van der Waals surface area contributed by atoms with Gasteiger partial charge in [0.15, 0.2) is 0 Å². The summed E-state index contributed by atoms with van der Waals surface area (Å²) < 4.78 is 6.59. The van der Waals surface area contributed by atoms with Gasteiger partial charge in [-0.1, -0.05) is 0 Å². The third-order valence-corrected chi connectivity index (χ3v) is 23.4. The fourth-order valence-electron chi connectivity index (χ4n) is 4.35. The van der Waals surface area contributed by atoms with E-state index in [-0.39, 0.29) is 24.8 Å². The van der Waals surface area contributed by atoms with E-state index in [1.165, 1.54) is 11.1 Å². The summed E-state index contributed by atoms with van der Waals surface area (Å²) in [6, 6.07) is 17.9. The Morgan fingerprint density at radius 2 is 1.08 bits per heavy atom. The standard InChI is InChI=1S/2C9H7.2CH3.2ClH.H2Si.Zr/c2*1-2-5-9-7-3-6-8(9)4-1;;;;;;/h2*1-7H;2*1H3;2*1H;1H2;/q;;;;;;;+2/p-2. The van der Waals surface area contributed by atoms with Gasteiger partial charge in [0.25, 0.3) is 0 Å². The van der Waals surface area contributed by atoms with Crippen LogP contribution in [0.4, 0.5) is 0 Å². The third kappa shape index (κ3) is 2.97. The number of rotatable bonds is 2. The van der Waals surface area contributed by atoms with Gasteiger partial charge in [0.1, 0.15) is 0 Å². The third-order valence-electron chi connectivity index (χ3n) is 5.64. The van der Waals surface area contributed by atoms with E-state index in [9.17, 15) is 0 Å². The summed E-state index contributed by atoms with van der Waals surface area (Å²) in [6.07, 6.45) is 9.69. The molecule has 2 aromatic carbocycles. The molecule has 124 valence electrons. The van der Waals surface area contributed by atoms with Crippen molar-refractivity contribution < 1.29 is 42.2 Å². The minimum absolute atomic E-state index is 0. The van der Waals surface area contributed by atoms with Crippen molar-refractivity contribution in [3.05, 3.63) is 82.9 Å². The average Bonchev–Trinajstić information content (AvgIpc) is 3.12. The van der Waals surface area contributed by atoms with Gasteiger partial charge in [-0.05, 0) is 0 Å². The Hall–Kier alpha value is -0.400. The number of halogens is 2. The van der Waals surface area contributed by atoms with E-state index in [1.54, 1.807) is 11.1 Å². The first-order valence-corrected chi connectivity index (χ1v) is 21.7. The number of benzene rings is 2. The molecule has 0 heterocycles. The van der Waals surface area contributed by atoms with E-state index in [4.69, 9.17) is 0 Å². The van der Waals surface area contributed by atoms with E-state index >= 15 is 0 Å². The van der Waals surface area contributed by atoms with E-state index in [1.807, 2.05) is 0 Å². The first-order chi connectivity index (χ1) is 10.5. The Morgan fingerprint density at radius 3 is 1.50 bits per heavy atom. The molecule has 2 unspecified atom stereocenters. The van der Waals surface area contributed by atoms with Crippen molar-refractivity contribution in [1.29, 1.82) is 0 Å². The molecule has 2 aliphatic rings. The van der Waals surface area contributed by atoms with Gasteiger partial charge in [-0.3, -0.25) is 0 Å². The molecule has 0 saturated heterocycles. The molecule has 0 radical (unpaired) electrons. The van der Waals surface area contributed by atoms with Gasteiger partial charge in [0.05, 0.1) is 0 Å². The van der Waals surface area contributed by atoms with E-state index in [0.29, 0.717) is 7.25 Å². The van der Waals surface area contributed by atoms with Crippen molar-refractivity contribution in [3.63, 3.8) is 0 Å². The molecule has 0 aliphatic heterocycles. The molecule has 2 aliphatic carbocycles. The number of hydrogen-bond acceptors (Lipinski definition) is 0. The van der Waals surface area contributed by atoms with Crippen LogP contribution in [0.15, 0.2) is 60.7 Å². The summed E-state index contributed by atoms with van der Waals surface area (Å²) in [5.74, 6) is 0. The minimum Gasteiger partial charge on any atom is -1.00 e. The van der Waals surface area contributed by atoms with Crippen molar-refractivity contribution in [2.24, 2.45) is 0 Å². The fourth-order valence-corrected chi connectivity index (χ4v) is 19.4. The molecular formula is C20H22Cl2SiZr. The van der Waals surface area contributed by atoms with Crippen LogP contribution in [0.3, 0.4) is 0 Å². The van der Waals surface area contributed by atoms with Crippen molar-refractivity contribution in [2.45, 2.75) is 16.5 Å². The van der Waals surface area contributed by atoms with Gasteiger partial charge in [0, 0.05) is 0 Å². The topological polar surface area (TPSA) is 0 Å². The summed E-state index contributed by atoms with van der Waals surface area (Å²) in [6.45, 7) is 2.37. The fraction of sp³-hybridized carbons (Fsp3) is 0.200. The van der Waals surface area contributed by atoms with Gasteiger partial charge in [-0.25, -0.2) is 0 Å². The Morgan fingerprint density at radius 1 is 0.708 bits per heavy atom. The maximum atomic E-state index is 2.65.